The zero-order valence-corrected chi connectivity index (χ0v) is 13.4. The maximum absolute atomic E-state index is 6.63. The van der Waals surface area contributed by atoms with Crippen LogP contribution in [-0.4, -0.2) is 15.3 Å². The molecule has 0 radical (unpaired) electrons. The zero-order valence-electron chi connectivity index (χ0n) is 13.4. The summed E-state index contributed by atoms with van der Waals surface area (Å²) in [5.74, 6) is 0. The monoisotopic (exact) mass is 285 g/mol. The number of nitrogens with zero attached hydrogens (tertiary/aromatic N) is 2. The average molecular weight is 285 g/mol. The van der Waals surface area contributed by atoms with Crippen LogP contribution in [0.5, 0.6) is 0 Å². The number of nitrogens with two attached hydrogens (primary N) is 1. The Morgan fingerprint density at radius 1 is 1.14 bits per heavy atom. The highest BCUT2D eigenvalue weighted by Crippen LogP contribution is 2.20. The topological polar surface area (TPSA) is 43.8 Å². The van der Waals surface area contributed by atoms with Crippen LogP contribution < -0.4 is 5.73 Å². The third kappa shape index (κ3) is 4.18. The van der Waals surface area contributed by atoms with Gasteiger partial charge in [-0.05, 0) is 37.8 Å². The van der Waals surface area contributed by atoms with Gasteiger partial charge in [-0.3, -0.25) is 4.68 Å². The van der Waals surface area contributed by atoms with Crippen molar-refractivity contribution in [2.45, 2.75) is 58.0 Å². The summed E-state index contributed by atoms with van der Waals surface area (Å²) in [6, 6.07) is 13.0. The molecular formula is C18H27N3. The van der Waals surface area contributed by atoms with Gasteiger partial charge in [0, 0.05) is 24.2 Å². The first kappa shape index (κ1) is 15.8. The Morgan fingerprint density at radius 3 is 2.48 bits per heavy atom. The largest absolute Gasteiger partial charge is 0.324 e. The third-order valence-electron chi connectivity index (χ3n) is 4.34. The van der Waals surface area contributed by atoms with E-state index in [0.717, 1.165) is 31.4 Å². The highest BCUT2D eigenvalue weighted by molar-refractivity contribution is 5.19. The minimum Gasteiger partial charge on any atom is -0.324 e. The zero-order chi connectivity index (χ0) is 15.3. The van der Waals surface area contributed by atoms with E-state index in [2.05, 4.69) is 57.3 Å². The van der Waals surface area contributed by atoms with E-state index in [4.69, 9.17) is 10.8 Å². The van der Waals surface area contributed by atoms with Crippen LogP contribution in [0.1, 0.15) is 50.9 Å². The van der Waals surface area contributed by atoms with Gasteiger partial charge in [0.2, 0.25) is 0 Å². The molecule has 1 aromatic heterocycles. The number of rotatable bonds is 7. The van der Waals surface area contributed by atoms with Gasteiger partial charge in [-0.1, -0.05) is 44.2 Å². The van der Waals surface area contributed by atoms with Gasteiger partial charge in [-0.15, -0.1) is 0 Å². The van der Waals surface area contributed by atoms with E-state index in [-0.39, 0.29) is 5.54 Å². The summed E-state index contributed by atoms with van der Waals surface area (Å²) in [7, 11) is 0. The summed E-state index contributed by atoms with van der Waals surface area (Å²) in [6.45, 7) is 6.53. The van der Waals surface area contributed by atoms with E-state index in [1.165, 1.54) is 5.56 Å². The number of aromatic nitrogens is 2. The van der Waals surface area contributed by atoms with Crippen LogP contribution in [0.3, 0.4) is 0 Å². The van der Waals surface area contributed by atoms with Gasteiger partial charge in [-0.25, -0.2) is 0 Å². The Bertz CT molecular complexity index is 547. The van der Waals surface area contributed by atoms with Gasteiger partial charge < -0.3 is 5.73 Å². The summed E-state index contributed by atoms with van der Waals surface area (Å²) >= 11 is 0. The molecule has 1 aromatic carbocycles. The van der Waals surface area contributed by atoms with Crippen LogP contribution in [0.15, 0.2) is 42.6 Å². The predicted octanol–water partition coefficient (Wildman–Crippen LogP) is 3.75. The van der Waals surface area contributed by atoms with Crippen molar-refractivity contribution in [3.63, 3.8) is 0 Å². The third-order valence-corrected chi connectivity index (χ3v) is 4.34. The quantitative estimate of drug-likeness (QED) is 0.842. The maximum Gasteiger partial charge on any atom is 0.0643 e. The Morgan fingerprint density at radius 2 is 1.86 bits per heavy atom. The van der Waals surface area contributed by atoms with Crippen LogP contribution in [0.4, 0.5) is 0 Å². The lowest BCUT2D eigenvalue weighted by molar-refractivity contribution is 0.394. The van der Waals surface area contributed by atoms with E-state index in [1.807, 2.05) is 10.7 Å². The summed E-state index contributed by atoms with van der Waals surface area (Å²) in [5, 5.41) is 4.69. The van der Waals surface area contributed by atoms with Crippen LogP contribution in [0.2, 0.25) is 0 Å². The van der Waals surface area contributed by atoms with Crippen molar-refractivity contribution >= 4 is 0 Å². The second kappa shape index (κ2) is 6.90. The second-order valence-corrected chi connectivity index (χ2v) is 6.10. The van der Waals surface area contributed by atoms with Gasteiger partial charge in [0.15, 0.2) is 0 Å². The minimum atomic E-state index is -0.226. The predicted molar refractivity (Wildman–Crippen MR) is 88.3 cm³/mol. The standard InChI is InChI=1S/C18H27N3/c1-4-15(3)21-12-11-17(20-21)14-18(19,5-2)13-16-9-7-6-8-10-16/h6-12,15H,4-5,13-14,19H2,1-3H3. The molecule has 0 spiro atoms. The van der Waals surface area contributed by atoms with Gasteiger partial charge >= 0.3 is 0 Å². The van der Waals surface area contributed by atoms with Crippen molar-refractivity contribution < 1.29 is 0 Å². The number of benzene rings is 1. The second-order valence-electron chi connectivity index (χ2n) is 6.10. The summed E-state index contributed by atoms with van der Waals surface area (Å²) in [4.78, 5) is 0. The van der Waals surface area contributed by atoms with Crippen molar-refractivity contribution in [1.29, 1.82) is 0 Å². The van der Waals surface area contributed by atoms with Crippen molar-refractivity contribution in [2.24, 2.45) is 5.73 Å². The number of hydrogen-bond acceptors (Lipinski definition) is 2. The molecule has 0 saturated heterocycles. The molecule has 0 fully saturated rings. The van der Waals surface area contributed by atoms with Crippen molar-refractivity contribution in [3.8, 4) is 0 Å². The molecule has 0 saturated carbocycles. The fraction of sp³-hybridized carbons (Fsp3) is 0.500. The summed E-state index contributed by atoms with van der Waals surface area (Å²) < 4.78 is 2.05. The van der Waals surface area contributed by atoms with Gasteiger partial charge in [0.05, 0.1) is 5.69 Å². The Balaban J connectivity index is 2.09. The maximum atomic E-state index is 6.63. The molecule has 3 heteroatoms. The Kier molecular flexibility index (Phi) is 5.18. The van der Waals surface area contributed by atoms with E-state index in [0.29, 0.717) is 6.04 Å². The van der Waals surface area contributed by atoms with Crippen LogP contribution in [0, 0.1) is 0 Å². The Labute approximate surface area is 128 Å². The highest BCUT2D eigenvalue weighted by atomic mass is 15.3. The van der Waals surface area contributed by atoms with Crippen molar-refractivity contribution in [2.75, 3.05) is 0 Å². The normalized spacial score (nSPS) is 15.6. The lowest BCUT2D eigenvalue weighted by Crippen LogP contribution is -2.43. The van der Waals surface area contributed by atoms with Crippen LogP contribution >= 0.6 is 0 Å². The van der Waals surface area contributed by atoms with E-state index >= 15 is 0 Å². The molecule has 2 aromatic rings. The minimum absolute atomic E-state index is 0.226. The van der Waals surface area contributed by atoms with Crippen LogP contribution in [0.25, 0.3) is 0 Å². The molecule has 0 aliphatic heterocycles. The first-order valence-electron chi connectivity index (χ1n) is 7.93. The van der Waals surface area contributed by atoms with Gasteiger partial charge in [0.25, 0.3) is 0 Å². The SMILES string of the molecule is CCC(C)n1ccc(CC(N)(CC)Cc2ccccc2)n1. The smallest absolute Gasteiger partial charge is 0.0643 e. The lowest BCUT2D eigenvalue weighted by Gasteiger charge is -2.27. The molecule has 0 aliphatic rings. The van der Waals surface area contributed by atoms with E-state index in [9.17, 15) is 0 Å². The fourth-order valence-electron chi connectivity index (χ4n) is 2.58. The molecule has 0 bridgehead atoms. The molecule has 3 nitrogen and oxygen atoms in total. The Hall–Kier alpha value is -1.61. The highest BCUT2D eigenvalue weighted by Gasteiger charge is 2.25. The first-order chi connectivity index (χ1) is 10.1. The van der Waals surface area contributed by atoms with E-state index < -0.39 is 0 Å². The van der Waals surface area contributed by atoms with E-state index in [1.54, 1.807) is 0 Å². The molecule has 0 amide bonds. The average Bonchev–Trinajstić information content (AvgIpc) is 2.95. The molecule has 2 atom stereocenters. The van der Waals surface area contributed by atoms with Gasteiger partial charge in [-0.2, -0.15) is 5.10 Å². The molecular weight excluding hydrogens is 258 g/mol. The lowest BCUT2D eigenvalue weighted by atomic mass is 9.85. The molecule has 1 heterocycles. The van der Waals surface area contributed by atoms with Crippen molar-refractivity contribution in [1.82, 2.24) is 9.78 Å². The molecule has 2 N–H and O–H groups in total. The fourth-order valence-corrected chi connectivity index (χ4v) is 2.58. The molecule has 0 aliphatic carbocycles. The van der Waals surface area contributed by atoms with Gasteiger partial charge in [0.1, 0.15) is 0 Å². The first-order valence-corrected chi connectivity index (χ1v) is 7.93. The van der Waals surface area contributed by atoms with Crippen LogP contribution in [-0.2, 0) is 12.8 Å². The molecule has 2 unspecified atom stereocenters. The van der Waals surface area contributed by atoms with Crippen molar-refractivity contribution in [3.05, 3.63) is 53.9 Å². The summed E-state index contributed by atoms with van der Waals surface area (Å²) in [6.07, 6.45) is 5.81. The molecule has 114 valence electrons. The molecule has 2 rings (SSSR count). The molecule has 21 heavy (non-hydrogen) atoms. The number of hydrogen-bond donors (Lipinski definition) is 1. The summed E-state index contributed by atoms with van der Waals surface area (Å²) in [5.41, 5.74) is 8.79.